The van der Waals surface area contributed by atoms with Crippen molar-refractivity contribution in [1.29, 1.82) is 0 Å². The zero-order valence-corrected chi connectivity index (χ0v) is 16.7. The van der Waals surface area contributed by atoms with Gasteiger partial charge in [0.05, 0.1) is 12.3 Å². The number of anilines is 1. The fourth-order valence-electron chi connectivity index (χ4n) is 3.40. The number of nitrogens with one attached hydrogen (secondary N) is 1. The molecule has 2 aromatic heterocycles. The van der Waals surface area contributed by atoms with E-state index in [1.165, 1.54) is 12.1 Å². The van der Waals surface area contributed by atoms with E-state index in [1.54, 1.807) is 35.1 Å². The molecule has 4 rings (SSSR count). The molecule has 7 heteroatoms. The van der Waals surface area contributed by atoms with E-state index in [9.17, 15) is 9.18 Å². The van der Waals surface area contributed by atoms with Gasteiger partial charge in [-0.05, 0) is 67.4 Å². The molecule has 4 aromatic rings. The van der Waals surface area contributed by atoms with Crippen molar-refractivity contribution < 1.29 is 13.9 Å². The molecule has 0 aliphatic heterocycles. The van der Waals surface area contributed by atoms with E-state index in [0.29, 0.717) is 17.9 Å². The van der Waals surface area contributed by atoms with E-state index in [-0.39, 0.29) is 18.3 Å². The average Bonchev–Trinajstić information content (AvgIpc) is 3.06. The molecule has 2 heterocycles. The number of aryl methyl sites for hydroxylation is 1. The molecule has 0 unspecified atom stereocenters. The molecule has 0 saturated carbocycles. The second kappa shape index (κ2) is 8.32. The fourth-order valence-corrected chi connectivity index (χ4v) is 3.40. The molecule has 6 nitrogen and oxygen atoms in total. The Morgan fingerprint density at radius 3 is 2.53 bits per heavy atom. The number of halogens is 1. The predicted molar refractivity (Wildman–Crippen MR) is 114 cm³/mol. The van der Waals surface area contributed by atoms with Crippen LogP contribution >= 0.6 is 0 Å². The summed E-state index contributed by atoms with van der Waals surface area (Å²) in [6, 6.07) is 15.4. The second-order valence-electron chi connectivity index (χ2n) is 6.81. The lowest BCUT2D eigenvalue weighted by Gasteiger charge is -2.08. The van der Waals surface area contributed by atoms with Gasteiger partial charge in [-0.3, -0.25) is 4.79 Å². The van der Waals surface area contributed by atoms with Crippen molar-refractivity contribution in [1.82, 2.24) is 14.8 Å². The summed E-state index contributed by atoms with van der Waals surface area (Å²) in [5, 5.41) is 8.22. The van der Waals surface area contributed by atoms with Gasteiger partial charge < -0.3 is 10.1 Å². The minimum Gasteiger partial charge on any atom is -0.494 e. The maximum absolute atomic E-state index is 13.3. The molecular weight excluding hydrogens is 383 g/mol. The molecule has 0 aliphatic carbocycles. The molecule has 0 bridgehead atoms. The van der Waals surface area contributed by atoms with Gasteiger partial charge in [0.25, 0.3) is 0 Å². The quantitative estimate of drug-likeness (QED) is 0.511. The van der Waals surface area contributed by atoms with Crippen LogP contribution in [-0.2, 0) is 11.3 Å². The van der Waals surface area contributed by atoms with Crippen molar-refractivity contribution in [3.63, 3.8) is 0 Å². The standard InChI is InChI=1S/C23H21FN4O2/c1-3-30-19-10-8-18(9-11-19)26-21(29)14-28-23-22(15(2)27-28)20(12-13-25-23)16-4-6-17(24)7-5-16/h4-13H,3,14H2,1-2H3,(H,26,29). The van der Waals surface area contributed by atoms with E-state index in [1.807, 2.05) is 32.0 Å². The van der Waals surface area contributed by atoms with Crippen molar-refractivity contribution in [3.8, 4) is 16.9 Å². The van der Waals surface area contributed by atoms with Crippen LogP contribution in [0.1, 0.15) is 12.6 Å². The van der Waals surface area contributed by atoms with Gasteiger partial charge in [-0.2, -0.15) is 5.10 Å². The first-order valence-electron chi connectivity index (χ1n) is 9.66. The van der Waals surface area contributed by atoms with Gasteiger partial charge in [-0.25, -0.2) is 14.1 Å². The Bertz CT molecular complexity index is 1180. The monoisotopic (exact) mass is 404 g/mol. The van der Waals surface area contributed by atoms with E-state index < -0.39 is 0 Å². The van der Waals surface area contributed by atoms with Crippen LogP contribution in [-0.4, -0.2) is 27.3 Å². The Morgan fingerprint density at radius 1 is 1.10 bits per heavy atom. The Kier molecular flexibility index (Phi) is 5.43. The first kappa shape index (κ1) is 19.6. The highest BCUT2D eigenvalue weighted by Crippen LogP contribution is 2.30. The van der Waals surface area contributed by atoms with Gasteiger partial charge in [0, 0.05) is 17.3 Å². The van der Waals surface area contributed by atoms with Gasteiger partial charge in [-0.1, -0.05) is 12.1 Å². The molecule has 0 radical (unpaired) electrons. The summed E-state index contributed by atoms with van der Waals surface area (Å²) in [5.41, 5.74) is 3.81. The summed E-state index contributed by atoms with van der Waals surface area (Å²) < 4.78 is 20.3. The third kappa shape index (κ3) is 4.00. The number of fused-ring (bicyclic) bond motifs is 1. The lowest BCUT2D eigenvalue weighted by Crippen LogP contribution is -2.19. The predicted octanol–water partition coefficient (Wildman–Crippen LogP) is 4.58. The molecule has 30 heavy (non-hydrogen) atoms. The van der Waals surface area contributed by atoms with Crippen molar-refractivity contribution in [2.75, 3.05) is 11.9 Å². The van der Waals surface area contributed by atoms with E-state index in [0.717, 1.165) is 28.0 Å². The van der Waals surface area contributed by atoms with Crippen LogP contribution in [0.25, 0.3) is 22.2 Å². The normalized spacial score (nSPS) is 10.9. The Balaban J connectivity index is 1.58. The number of ether oxygens (including phenoxy) is 1. The van der Waals surface area contributed by atoms with Crippen LogP contribution in [0.15, 0.2) is 60.8 Å². The summed E-state index contributed by atoms with van der Waals surface area (Å²) in [6.45, 7) is 4.40. The zero-order chi connectivity index (χ0) is 21.1. The van der Waals surface area contributed by atoms with Crippen molar-refractivity contribution in [2.24, 2.45) is 0 Å². The van der Waals surface area contributed by atoms with E-state index in [2.05, 4.69) is 15.4 Å². The molecule has 0 atom stereocenters. The second-order valence-corrected chi connectivity index (χ2v) is 6.81. The molecule has 2 aromatic carbocycles. The summed E-state index contributed by atoms with van der Waals surface area (Å²) in [6.07, 6.45) is 1.67. The van der Waals surface area contributed by atoms with E-state index in [4.69, 9.17) is 4.74 Å². The summed E-state index contributed by atoms with van der Waals surface area (Å²) in [7, 11) is 0. The number of hydrogen-bond donors (Lipinski definition) is 1. The highest BCUT2D eigenvalue weighted by Gasteiger charge is 2.16. The average molecular weight is 404 g/mol. The van der Waals surface area contributed by atoms with Crippen LogP contribution in [0.5, 0.6) is 5.75 Å². The minimum atomic E-state index is -0.289. The van der Waals surface area contributed by atoms with Crippen LogP contribution in [0.3, 0.4) is 0 Å². The van der Waals surface area contributed by atoms with Gasteiger partial charge >= 0.3 is 0 Å². The molecule has 0 fully saturated rings. The van der Waals surface area contributed by atoms with Crippen molar-refractivity contribution in [3.05, 3.63) is 72.3 Å². The maximum Gasteiger partial charge on any atom is 0.246 e. The van der Waals surface area contributed by atoms with Gasteiger partial charge in [0.15, 0.2) is 5.65 Å². The first-order valence-corrected chi connectivity index (χ1v) is 9.66. The van der Waals surface area contributed by atoms with Crippen LogP contribution in [0, 0.1) is 12.7 Å². The minimum absolute atomic E-state index is 0.0252. The molecule has 1 amide bonds. The number of pyridine rings is 1. The largest absolute Gasteiger partial charge is 0.494 e. The van der Waals surface area contributed by atoms with Crippen LogP contribution < -0.4 is 10.1 Å². The van der Waals surface area contributed by atoms with Crippen molar-refractivity contribution in [2.45, 2.75) is 20.4 Å². The lowest BCUT2D eigenvalue weighted by atomic mass is 10.0. The third-order valence-electron chi connectivity index (χ3n) is 4.71. The van der Waals surface area contributed by atoms with Gasteiger partial charge in [0.1, 0.15) is 18.1 Å². The number of hydrogen-bond acceptors (Lipinski definition) is 4. The van der Waals surface area contributed by atoms with Crippen LogP contribution in [0.2, 0.25) is 0 Å². The number of nitrogens with zero attached hydrogens (tertiary/aromatic N) is 3. The molecule has 1 N–H and O–H groups in total. The van der Waals surface area contributed by atoms with E-state index >= 15 is 0 Å². The summed E-state index contributed by atoms with van der Waals surface area (Å²) >= 11 is 0. The summed E-state index contributed by atoms with van der Waals surface area (Å²) in [4.78, 5) is 17.0. The SMILES string of the molecule is CCOc1ccc(NC(=O)Cn2nc(C)c3c(-c4ccc(F)cc4)ccnc32)cc1. The highest BCUT2D eigenvalue weighted by atomic mass is 19.1. The topological polar surface area (TPSA) is 69.0 Å². The maximum atomic E-state index is 13.3. The summed E-state index contributed by atoms with van der Waals surface area (Å²) in [5.74, 6) is 0.252. The lowest BCUT2D eigenvalue weighted by molar-refractivity contribution is -0.116. The number of aromatic nitrogens is 3. The first-order chi connectivity index (χ1) is 14.5. The number of amides is 1. The molecule has 152 valence electrons. The van der Waals surface area contributed by atoms with Crippen LogP contribution in [0.4, 0.5) is 10.1 Å². The van der Waals surface area contributed by atoms with Crippen molar-refractivity contribution >= 4 is 22.6 Å². The Hall–Kier alpha value is -3.74. The number of rotatable bonds is 6. The highest BCUT2D eigenvalue weighted by molar-refractivity contribution is 5.96. The third-order valence-corrected chi connectivity index (χ3v) is 4.71. The molecular formula is C23H21FN4O2. The Labute approximate surface area is 173 Å². The Morgan fingerprint density at radius 2 is 1.83 bits per heavy atom. The number of benzene rings is 2. The van der Waals surface area contributed by atoms with Gasteiger partial charge in [-0.15, -0.1) is 0 Å². The smallest absolute Gasteiger partial charge is 0.246 e. The molecule has 0 spiro atoms. The zero-order valence-electron chi connectivity index (χ0n) is 16.7. The molecule has 0 aliphatic rings. The molecule has 0 saturated heterocycles. The number of carbonyl (C=O) groups excluding carboxylic acids is 1. The fraction of sp³-hybridized carbons (Fsp3) is 0.174. The number of carbonyl (C=O) groups is 1. The van der Waals surface area contributed by atoms with Gasteiger partial charge in [0.2, 0.25) is 5.91 Å².